The van der Waals surface area contributed by atoms with Crippen molar-refractivity contribution < 1.29 is 9.53 Å². The van der Waals surface area contributed by atoms with Gasteiger partial charge in [0.25, 0.3) is 5.91 Å². The molecule has 0 bridgehead atoms. The second-order valence-electron chi connectivity index (χ2n) is 5.04. The van der Waals surface area contributed by atoms with Crippen molar-refractivity contribution in [2.75, 3.05) is 4.90 Å². The molecule has 1 unspecified atom stereocenters. The molecule has 3 nitrogen and oxygen atoms in total. The molecule has 17 heavy (non-hydrogen) atoms. The predicted octanol–water partition coefficient (Wildman–Crippen LogP) is 2.52. The molecule has 0 aliphatic carbocycles. The zero-order chi connectivity index (χ0) is 12.0. The highest BCUT2D eigenvalue weighted by molar-refractivity contribution is 6.04. The number of benzene rings is 1. The molecule has 0 saturated heterocycles. The number of fused-ring (bicyclic) bond motifs is 3. The lowest BCUT2D eigenvalue weighted by Gasteiger charge is -2.47. The van der Waals surface area contributed by atoms with E-state index in [1.807, 2.05) is 49.1 Å². The van der Waals surface area contributed by atoms with Crippen LogP contribution < -0.4 is 9.64 Å². The molecule has 2 aliphatic heterocycles. The number of ether oxygens (including phenoxy) is 1. The first-order chi connectivity index (χ1) is 8.09. The average molecular weight is 229 g/mol. The van der Waals surface area contributed by atoms with Gasteiger partial charge in [0.1, 0.15) is 11.4 Å². The SMILES string of the molecule is CC1(C)Oc2ccccc2N2C(=O)C=CCC21. The summed E-state index contributed by atoms with van der Waals surface area (Å²) < 4.78 is 6.01. The molecule has 1 aromatic rings. The monoisotopic (exact) mass is 229 g/mol. The van der Waals surface area contributed by atoms with Gasteiger partial charge in [-0.1, -0.05) is 18.2 Å². The predicted molar refractivity (Wildman–Crippen MR) is 66.2 cm³/mol. The Morgan fingerprint density at radius 1 is 1.35 bits per heavy atom. The Labute approximate surface area is 101 Å². The third-order valence-corrected chi connectivity index (χ3v) is 3.47. The Kier molecular flexibility index (Phi) is 2.05. The number of hydrogen-bond acceptors (Lipinski definition) is 2. The van der Waals surface area contributed by atoms with E-state index >= 15 is 0 Å². The molecular formula is C14H15NO2. The maximum absolute atomic E-state index is 12.1. The fourth-order valence-corrected chi connectivity index (χ4v) is 2.61. The maximum atomic E-state index is 12.1. The number of amides is 1. The molecule has 0 radical (unpaired) electrons. The summed E-state index contributed by atoms with van der Waals surface area (Å²) in [7, 11) is 0. The van der Waals surface area contributed by atoms with Gasteiger partial charge < -0.3 is 4.74 Å². The van der Waals surface area contributed by atoms with Crippen LogP contribution in [0.3, 0.4) is 0 Å². The van der Waals surface area contributed by atoms with Crippen molar-refractivity contribution in [2.24, 2.45) is 0 Å². The molecule has 88 valence electrons. The van der Waals surface area contributed by atoms with Crippen molar-refractivity contribution in [1.82, 2.24) is 0 Å². The van der Waals surface area contributed by atoms with Gasteiger partial charge >= 0.3 is 0 Å². The minimum Gasteiger partial charge on any atom is -0.483 e. The number of nitrogens with zero attached hydrogens (tertiary/aromatic N) is 1. The van der Waals surface area contributed by atoms with Crippen molar-refractivity contribution >= 4 is 11.6 Å². The fraction of sp³-hybridized carbons (Fsp3) is 0.357. The van der Waals surface area contributed by atoms with Crippen LogP contribution in [0.25, 0.3) is 0 Å². The highest BCUT2D eigenvalue weighted by Crippen LogP contribution is 2.42. The Hall–Kier alpha value is -1.77. The van der Waals surface area contributed by atoms with E-state index in [1.54, 1.807) is 6.08 Å². The topological polar surface area (TPSA) is 29.5 Å². The summed E-state index contributed by atoms with van der Waals surface area (Å²) in [5.41, 5.74) is 0.528. The van der Waals surface area contributed by atoms with Gasteiger partial charge in [0, 0.05) is 0 Å². The van der Waals surface area contributed by atoms with Gasteiger partial charge in [-0.25, -0.2) is 0 Å². The van der Waals surface area contributed by atoms with Gasteiger partial charge in [-0.3, -0.25) is 9.69 Å². The number of rotatable bonds is 0. The van der Waals surface area contributed by atoms with E-state index in [-0.39, 0.29) is 17.6 Å². The lowest BCUT2D eigenvalue weighted by molar-refractivity contribution is -0.116. The number of hydrogen-bond donors (Lipinski definition) is 0. The summed E-state index contributed by atoms with van der Waals surface area (Å²) in [5.74, 6) is 0.836. The van der Waals surface area contributed by atoms with Crippen LogP contribution in [0.15, 0.2) is 36.4 Å². The summed E-state index contributed by atoms with van der Waals surface area (Å²) in [6.45, 7) is 4.07. The molecular weight excluding hydrogens is 214 g/mol. The van der Waals surface area contributed by atoms with E-state index in [2.05, 4.69) is 0 Å². The van der Waals surface area contributed by atoms with E-state index in [0.717, 1.165) is 17.9 Å². The van der Waals surface area contributed by atoms with E-state index in [0.29, 0.717) is 0 Å². The molecule has 1 amide bonds. The van der Waals surface area contributed by atoms with E-state index in [4.69, 9.17) is 4.74 Å². The molecule has 2 aliphatic rings. The van der Waals surface area contributed by atoms with Crippen LogP contribution >= 0.6 is 0 Å². The van der Waals surface area contributed by atoms with Crippen LogP contribution in [0.4, 0.5) is 5.69 Å². The second-order valence-corrected chi connectivity index (χ2v) is 5.04. The molecule has 1 atom stereocenters. The molecule has 3 heteroatoms. The Morgan fingerprint density at radius 3 is 2.94 bits per heavy atom. The third-order valence-electron chi connectivity index (χ3n) is 3.47. The van der Waals surface area contributed by atoms with Crippen LogP contribution in [0.5, 0.6) is 5.75 Å². The normalized spacial score (nSPS) is 24.9. The van der Waals surface area contributed by atoms with Gasteiger partial charge in [0.05, 0.1) is 11.7 Å². The number of para-hydroxylation sites is 2. The van der Waals surface area contributed by atoms with Gasteiger partial charge in [-0.15, -0.1) is 0 Å². The van der Waals surface area contributed by atoms with E-state index in [1.165, 1.54) is 0 Å². The average Bonchev–Trinajstić information content (AvgIpc) is 2.29. The van der Waals surface area contributed by atoms with E-state index < -0.39 is 0 Å². The first-order valence-electron chi connectivity index (χ1n) is 5.87. The summed E-state index contributed by atoms with van der Waals surface area (Å²) in [4.78, 5) is 13.9. The highest BCUT2D eigenvalue weighted by atomic mass is 16.5. The van der Waals surface area contributed by atoms with Gasteiger partial charge in [-0.05, 0) is 38.5 Å². The van der Waals surface area contributed by atoms with E-state index in [9.17, 15) is 4.79 Å². The van der Waals surface area contributed by atoms with Crippen LogP contribution in [-0.2, 0) is 4.79 Å². The van der Waals surface area contributed by atoms with Crippen molar-refractivity contribution in [2.45, 2.75) is 31.9 Å². The van der Waals surface area contributed by atoms with Gasteiger partial charge in [0.15, 0.2) is 0 Å². The van der Waals surface area contributed by atoms with Crippen molar-refractivity contribution in [3.8, 4) is 5.75 Å². The van der Waals surface area contributed by atoms with Crippen LogP contribution in [-0.4, -0.2) is 17.6 Å². The standard InChI is InChI=1S/C14H15NO2/c1-14(2)12-8-5-9-13(16)15(12)10-6-3-4-7-11(10)17-14/h3-7,9,12H,8H2,1-2H3. The van der Waals surface area contributed by atoms with Crippen LogP contribution in [0.1, 0.15) is 20.3 Å². The number of anilines is 1. The third kappa shape index (κ3) is 1.46. The largest absolute Gasteiger partial charge is 0.483 e. The van der Waals surface area contributed by atoms with Gasteiger partial charge in [-0.2, -0.15) is 0 Å². The molecule has 0 spiro atoms. The number of carbonyl (C=O) groups is 1. The van der Waals surface area contributed by atoms with Crippen molar-refractivity contribution in [1.29, 1.82) is 0 Å². The van der Waals surface area contributed by atoms with Crippen LogP contribution in [0.2, 0.25) is 0 Å². The van der Waals surface area contributed by atoms with Crippen LogP contribution in [0, 0.1) is 0 Å². The molecule has 3 rings (SSSR count). The molecule has 0 saturated carbocycles. The first kappa shape index (κ1) is 10.4. The minimum atomic E-state index is -0.352. The second kappa shape index (κ2) is 3.36. The minimum absolute atomic E-state index is 0.0464. The van der Waals surface area contributed by atoms with Gasteiger partial charge in [0.2, 0.25) is 0 Å². The Morgan fingerprint density at radius 2 is 2.12 bits per heavy atom. The first-order valence-corrected chi connectivity index (χ1v) is 5.87. The number of carbonyl (C=O) groups excluding carboxylic acids is 1. The molecule has 1 aromatic carbocycles. The smallest absolute Gasteiger partial charge is 0.251 e. The highest BCUT2D eigenvalue weighted by Gasteiger charge is 2.44. The van der Waals surface area contributed by atoms with Crippen molar-refractivity contribution in [3.63, 3.8) is 0 Å². The summed E-state index contributed by atoms with van der Waals surface area (Å²) in [5, 5.41) is 0. The molecule has 0 N–H and O–H groups in total. The lowest BCUT2D eigenvalue weighted by Crippen LogP contribution is -2.58. The Balaban J connectivity index is 2.18. The summed E-state index contributed by atoms with van der Waals surface area (Å²) in [6, 6.07) is 7.80. The summed E-state index contributed by atoms with van der Waals surface area (Å²) >= 11 is 0. The zero-order valence-corrected chi connectivity index (χ0v) is 10.0. The lowest BCUT2D eigenvalue weighted by atomic mass is 9.89. The maximum Gasteiger partial charge on any atom is 0.251 e. The fourth-order valence-electron chi connectivity index (χ4n) is 2.61. The quantitative estimate of drug-likeness (QED) is 0.684. The zero-order valence-electron chi connectivity index (χ0n) is 10.0. The molecule has 0 fully saturated rings. The molecule has 2 heterocycles. The Bertz CT molecular complexity index is 505. The van der Waals surface area contributed by atoms with Crippen molar-refractivity contribution in [3.05, 3.63) is 36.4 Å². The molecule has 0 aromatic heterocycles. The summed E-state index contributed by atoms with van der Waals surface area (Å²) in [6.07, 6.45) is 4.42.